The fraction of sp³-hybridized carbons (Fsp3) is 0.692. The molecule has 4 aliphatic carbocycles. The largest absolute Gasteiger partial charge is 0.339 e. The quantitative estimate of drug-likeness (QED) is 0.617. The van der Waals surface area contributed by atoms with E-state index in [1.807, 2.05) is 18.7 Å². The lowest BCUT2D eigenvalue weighted by atomic mass is 9.49. The molecule has 0 N–H and O–H groups in total. The van der Waals surface area contributed by atoms with E-state index in [9.17, 15) is 18.0 Å². The molecule has 0 unspecified atom stereocenters. The van der Waals surface area contributed by atoms with Gasteiger partial charge in [0.2, 0.25) is 15.9 Å². The van der Waals surface area contributed by atoms with Crippen LogP contribution in [0.1, 0.15) is 62.7 Å². The van der Waals surface area contributed by atoms with E-state index in [0.29, 0.717) is 50.7 Å². The topological polar surface area (TPSA) is 78.0 Å². The summed E-state index contributed by atoms with van der Waals surface area (Å²) >= 11 is 0. The number of rotatable bonds is 6. The van der Waals surface area contributed by atoms with Gasteiger partial charge >= 0.3 is 0 Å². The third-order valence-electron chi connectivity index (χ3n) is 8.79. The van der Waals surface area contributed by atoms with Crippen molar-refractivity contribution in [1.29, 1.82) is 0 Å². The molecular weight excluding hydrogens is 450 g/mol. The van der Waals surface area contributed by atoms with Crippen molar-refractivity contribution < 1.29 is 18.0 Å². The zero-order chi connectivity index (χ0) is 24.1. The highest BCUT2D eigenvalue weighted by molar-refractivity contribution is 7.89. The van der Waals surface area contributed by atoms with Crippen LogP contribution in [0.4, 0.5) is 0 Å². The summed E-state index contributed by atoms with van der Waals surface area (Å²) in [5.74, 6) is 2.46. The number of carbonyl (C=O) groups is 2. The van der Waals surface area contributed by atoms with Crippen LogP contribution >= 0.6 is 0 Å². The Morgan fingerprint density at radius 3 is 1.79 bits per heavy atom. The van der Waals surface area contributed by atoms with E-state index in [1.165, 1.54) is 35.7 Å². The second-order valence-electron chi connectivity index (χ2n) is 10.9. The van der Waals surface area contributed by atoms with E-state index in [4.69, 9.17) is 0 Å². The molecule has 1 aromatic rings. The van der Waals surface area contributed by atoms with Crippen molar-refractivity contribution in [3.8, 4) is 0 Å². The molecule has 8 heteroatoms. The number of hydrogen-bond donors (Lipinski definition) is 0. The van der Waals surface area contributed by atoms with E-state index < -0.39 is 10.0 Å². The maximum Gasteiger partial charge on any atom is 0.253 e. The Kier molecular flexibility index (Phi) is 6.25. The molecule has 7 nitrogen and oxygen atoms in total. The van der Waals surface area contributed by atoms with Crippen molar-refractivity contribution in [3.63, 3.8) is 0 Å². The van der Waals surface area contributed by atoms with Crippen LogP contribution in [0.25, 0.3) is 0 Å². The normalized spacial score (nSPS) is 30.7. The summed E-state index contributed by atoms with van der Waals surface area (Å²) in [4.78, 5) is 30.7. The van der Waals surface area contributed by atoms with Gasteiger partial charge in [-0.1, -0.05) is 13.8 Å². The molecule has 2 amide bonds. The van der Waals surface area contributed by atoms with Gasteiger partial charge in [-0.3, -0.25) is 9.59 Å². The third-order valence-corrected chi connectivity index (χ3v) is 10.9. The van der Waals surface area contributed by atoms with Crippen LogP contribution in [0.2, 0.25) is 0 Å². The lowest BCUT2D eigenvalue weighted by Gasteiger charge is -2.57. The highest BCUT2D eigenvalue weighted by atomic mass is 32.2. The van der Waals surface area contributed by atoms with Crippen LogP contribution in [-0.4, -0.2) is 73.6 Å². The zero-order valence-corrected chi connectivity index (χ0v) is 21.2. The summed E-state index contributed by atoms with van der Waals surface area (Å²) < 4.78 is 26.8. The Morgan fingerprint density at radius 2 is 1.32 bits per heavy atom. The van der Waals surface area contributed by atoms with Gasteiger partial charge in [0.25, 0.3) is 5.91 Å². The van der Waals surface area contributed by atoms with E-state index in [2.05, 4.69) is 0 Å². The predicted molar refractivity (Wildman–Crippen MR) is 130 cm³/mol. The first-order chi connectivity index (χ1) is 16.3. The molecule has 0 radical (unpaired) electrons. The predicted octanol–water partition coefficient (Wildman–Crippen LogP) is 3.22. The van der Waals surface area contributed by atoms with Crippen molar-refractivity contribution in [1.82, 2.24) is 14.1 Å². The SMILES string of the molecule is CCN(CC)S(=O)(=O)c1ccc(C(=O)N2CCN(C(=O)C34CC5CC(CC(C5)C3)C4)CC2)cc1. The molecule has 4 saturated carbocycles. The summed E-state index contributed by atoms with van der Waals surface area (Å²) in [5.41, 5.74) is 0.354. The van der Waals surface area contributed by atoms with Gasteiger partial charge in [0.1, 0.15) is 0 Å². The van der Waals surface area contributed by atoms with Gasteiger partial charge in [-0.05, 0) is 80.5 Å². The average Bonchev–Trinajstić information content (AvgIpc) is 2.83. The van der Waals surface area contributed by atoms with Gasteiger partial charge < -0.3 is 9.80 Å². The van der Waals surface area contributed by atoms with Crippen molar-refractivity contribution in [2.75, 3.05) is 39.3 Å². The fourth-order valence-electron chi connectivity index (χ4n) is 7.49. The van der Waals surface area contributed by atoms with Crippen LogP contribution in [0.3, 0.4) is 0 Å². The molecule has 186 valence electrons. The molecule has 1 heterocycles. The number of benzene rings is 1. The lowest BCUT2D eigenvalue weighted by molar-refractivity contribution is -0.159. The molecule has 4 bridgehead atoms. The van der Waals surface area contributed by atoms with Crippen molar-refractivity contribution in [2.24, 2.45) is 23.2 Å². The minimum Gasteiger partial charge on any atom is -0.339 e. The van der Waals surface area contributed by atoms with Gasteiger partial charge in [0.15, 0.2) is 0 Å². The van der Waals surface area contributed by atoms with Crippen molar-refractivity contribution in [2.45, 2.75) is 57.3 Å². The summed E-state index contributed by atoms with van der Waals surface area (Å²) in [6.45, 7) is 6.66. The molecule has 5 fully saturated rings. The Morgan fingerprint density at radius 1 is 0.853 bits per heavy atom. The second-order valence-corrected chi connectivity index (χ2v) is 12.8. The first-order valence-electron chi connectivity index (χ1n) is 12.9. The Bertz CT molecular complexity index is 1010. The van der Waals surface area contributed by atoms with Gasteiger partial charge in [-0.15, -0.1) is 0 Å². The number of amides is 2. The third kappa shape index (κ3) is 4.06. The highest BCUT2D eigenvalue weighted by Crippen LogP contribution is 2.60. The lowest BCUT2D eigenvalue weighted by Crippen LogP contribution is -2.58. The molecule has 0 spiro atoms. The highest BCUT2D eigenvalue weighted by Gasteiger charge is 2.55. The van der Waals surface area contributed by atoms with Gasteiger partial charge in [0, 0.05) is 44.8 Å². The minimum absolute atomic E-state index is 0.103. The summed E-state index contributed by atoms with van der Waals surface area (Å²) in [5, 5.41) is 0. The smallest absolute Gasteiger partial charge is 0.253 e. The maximum atomic E-state index is 13.6. The van der Waals surface area contributed by atoms with Gasteiger partial charge in [-0.2, -0.15) is 4.31 Å². The number of nitrogens with zero attached hydrogens (tertiary/aromatic N) is 3. The molecule has 1 aromatic carbocycles. The first-order valence-corrected chi connectivity index (χ1v) is 14.4. The Labute approximate surface area is 203 Å². The van der Waals surface area contributed by atoms with E-state index in [-0.39, 0.29) is 16.2 Å². The average molecular weight is 488 g/mol. The number of hydrogen-bond acceptors (Lipinski definition) is 4. The fourth-order valence-corrected chi connectivity index (χ4v) is 8.94. The Balaban J connectivity index is 1.21. The van der Waals surface area contributed by atoms with Crippen LogP contribution in [0, 0.1) is 23.2 Å². The molecular formula is C26H37N3O4S. The number of piperazine rings is 1. The molecule has 1 saturated heterocycles. The van der Waals surface area contributed by atoms with E-state index in [0.717, 1.165) is 37.0 Å². The van der Waals surface area contributed by atoms with Crippen LogP contribution in [0.5, 0.6) is 0 Å². The molecule has 6 rings (SSSR count). The van der Waals surface area contributed by atoms with E-state index in [1.54, 1.807) is 17.0 Å². The molecule has 34 heavy (non-hydrogen) atoms. The molecule has 0 atom stereocenters. The number of carbonyl (C=O) groups excluding carboxylic acids is 2. The first kappa shape index (κ1) is 23.8. The van der Waals surface area contributed by atoms with Crippen molar-refractivity contribution in [3.05, 3.63) is 29.8 Å². The van der Waals surface area contributed by atoms with Crippen molar-refractivity contribution >= 4 is 21.8 Å². The van der Waals surface area contributed by atoms with Crippen LogP contribution in [-0.2, 0) is 14.8 Å². The molecule has 1 aliphatic heterocycles. The Hall–Kier alpha value is -1.93. The number of sulfonamides is 1. The summed E-state index contributed by atoms with van der Waals surface area (Å²) in [7, 11) is -3.54. The zero-order valence-electron chi connectivity index (χ0n) is 20.4. The maximum absolute atomic E-state index is 13.6. The van der Waals surface area contributed by atoms with Gasteiger partial charge in [0.05, 0.1) is 10.3 Å². The summed E-state index contributed by atoms with van der Waals surface area (Å²) in [6, 6.07) is 6.25. The minimum atomic E-state index is -3.54. The van der Waals surface area contributed by atoms with E-state index >= 15 is 0 Å². The molecule has 0 aromatic heterocycles. The monoisotopic (exact) mass is 487 g/mol. The van der Waals surface area contributed by atoms with Crippen LogP contribution in [0.15, 0.2) is 29.2 Å². The van der Waals surface area contributed by atoms with Crippen LogP contribution < -0.4 is 0 Å². The second kappa shape index (κ2) is 8.94. The standard InChI is InChI=1S/C26H37N3O4S/c1-3-29(4-2)34(32,33)23-7-5-22(6-8-23)24(30)27-9-11-28(12-10-27)25(31)26-16-19-13-20(17-26)15-21(14-19)18-26/h5-8,19-21H,3-4,9-18H2,1-2H3. The van der Waals surface area contributed by atoms with Gasteiger partial charge in [-0.25, -0.2) is 8.42 Å². The summed E-state index contributed by atoms with van der Waals surface area (Å²) in [6.07, 6.45) is 7.18. The molecule has 5 aliphatic rings.